The van der Waals surface area contributed by atoms with E-state index in [2.05, 4.69) is 33.8 Å². The predicted octanol–water partition coefficient (Wildman–Crippen LogP) is 3.73. The Kier molecular flexibility index (Phi) is 3.88. The van der Waals surface area contributed by atoms with Crippen molar-refractivity contribution in [3.8, 4) is 0 Å². The van der Waals surface area contributed by atoms with Crippen molar-refractivity contribution < 1.29 is 0 Å². The van der Waals surface area contributed by atoms with Gasteiger partial charge in [-0.15, -0.1) is 0 Å². The molecule has 1 aliphatic carbocycles. The summed E-state index contributed by atoms with van der Waals surface area (Å²) in [6.07, 6.45) is 9.16. The first-order valence-corrected chi connectivity index (χ1v) is 7.08. The quantitative estimate of drug-likeness (QED) is 0.822. The molecule has 3 nitrogen and oxygen atoms in total. The summed E-state index contributed by atoms with van der Waals surface area (Å²) in [6, 6.07) is 7.77. The van der Waals surface area contributed by atoms with Gasteiger partial charge in [0, 0.05) is 47.5 Å². The van der Waals surface area contributed by atoms with Crippen LogP contribution >= 0.6 is 11.6 Å². The lowest BCUT2D eigenvalue weighted by Gasteiger charge is -2.11. The lowest BCUT2D eigenvalue weighted by molar-refractivity contribution is 0.803. The highest BCUT2D eigenvalue weighted by Crippen LogP contribution is 2.24. The van der Waals surface area contributed by atoms with Gasteiger partial charge < -0.3 is 10.6 Å². The van der Waals surface area contributed by atoms with Crippen LogP contribution in [0.15, 0.2) is 54.4 Å². The minimum Gasteiger partial charge on any atom is -0.386 e. The third-order valence-electron chi connectivity index (χ3n) is 3.27. The zero-order valence-corrected chi connectivity index (χ0v) is 11.8. The van der Waals surface area contributed by atoms with E-state index in [1.54, 1.807) is 6.20 Å². The van der Waals surface area contributed by atoms with Crippen LogP contribution in [0.2, 0.25) is 5.02 Å². The summed E-state index contributed by atoms with van der Waals surface area (Å²) in [5, 5.41) is 8.65. The fourth-order valence-corrected chi connectivity index (χ4v) is 2.44. The van der Waals surface area contributed by atoms with Crippen molar-refractivity contribution in [3.05, 3.63) is 59.4 Å². The van der Waals surface area contributed by atoms with E-state index in [0.29, 0.717) is 5.02 Å². The first kappa shape index (κ1) is 13.0. The Bertz CT molecular complexity index is 676. The van der Waals surface area contributed by atoms with Gasteiger partial charge in [-0.1, -0.05) is 23.8 Å². The fraction of sp³-hybridized carbons (Fsp3) is 0.188. The summed E-state index contributed by atoms with van der Waals surface area (Å²) in [6.45, 7) is 1.75. The number of hydrogen-bond donors (Lipinski definition) is 2. The molecule has 0 saturated heterocycles. The van der Waals surface area contributed by atoms with Gasteiger partial charge in [-0.25, -0.2) is 0 Å². The van der Waals surface area contributed by atoms with E-state index in [0.717, 1.165) is 36.1 Å². The van der Waals surface area contributed by atoms with Gasteiger partial charge in [0.25, 0.3) is 0 Å². The maximum Gasteiger partial charge on any atom is 0.0737 e. The summed E-state index contributed by atoms with van der Waals surface area (Å²) in [4.78, 5) is 4.34. The Labute approximate surface area is 123 Å². The molecule has 0 spiro atoms. The van der Waals surface area contributed by atoms with E-state index in [1.165, 1.54) is 5.70 Å². The number of aromatic nitrogens is 1. The van der Waals surface area contributed by atoms with Crippen molar-refractivity contribution in [2.24, 2.45) is 0 Å². The normalized spacial score (nSPS) is 13.6. The van der Waals surface area contributed by atoms with Gasteiger partial charge in [-0.2, -0.15) is 0 Å². The minimum absolute atomic E-state index is 0.712. The zero-order valence-electron chi connectivity index (χ0n) is 11.1. The standard InChI is InChI=1S/C16H16ClN3/c17-12-5-6-14-15(7-8-19-16(14)11-12)20-10-9-18-13-3-1-2-4-13/h1-3,5-8,11,18H,4,9-10H2,(H,19,20). The number of nitrogens with zero attached hydrogens (tertiary/aromatic N) is 1. The molecule has 1 aliphatic rings. The SMILES string of the molecule is Clc1ccc2c(NCCNC3=CC=CC3)ccnc2c1. The third-order valence-corrected chi connectivity index (χ3v) is 3.50. The number of benzene rings is 1. The van der Waals surface area contributed by atoms with Gasteiger partial charge >= 0.3 is 0 Å². The first-order valence-electron chi connectivity index (χ1n) is 6.71. The molecule has 102 valence electrons. The topological polar surface area (TPSA) is 37.0 Å². The monoisotopic (exact) mass is 285 g/mol. The average molecular weight is 286 g/mol. The number of rotatable bonds is 5. The molecule has 0 unspecified atom stereocenters. The van der Waals surface area contributed by atoms with Crippen molar-refractivity contribution in [3.63, 3.8) is 0 Å². The Hall–Kier alpha value is -2.00. The molecular formula is C16H16ClN3. The number of nitrogens with one attached hydrogen (secondary N) is 2. The van der Waals surface area contributed by atoms with Crippen LogP contribution in [0.3, 0.4) is 0 Å². The summed E-state index contributed by atoms with van der Waals surface area (Å²) in [5.74, 6) is 0. The van der Waals surface area contributed by atoms with Crippen LogP contribution < -0.4 is 10.6 Å². The van der Waals surface area contributed by atoms with Crippen LogP contribution in [0.1, 0.15) is 6.42 Å². The second kappa shape index (κ2) is 5.97. The maximum absolute atomic E-state index is 5.99. The number of anilines is 1. The van der Waals surface area contributed by atoms with Gasteiger partial charge in [0.05, 0.1) is 5.52 Å². The molecule has 0 radical (unpaired) electrons. The van der Waals surface area contributed by atoms with Gasteiger partial charge in [0.1, 0.15) is 0 Å². The molecule has 1 aromatic heterocycles. The number of fused-ring (bicyclic) bond motifs is 1. The lowest BCUT2D eigenvalue weighted by Crippen LogP contribution is -2.21. The van der Waals surface area contributed by atoms with Gasteiger partial charge in [0.2, 0.25) is 0 Å². The number of allylic oxidation sites excluding steroid dienone is 3. The highest BCUT2D eigenvalue weighted by atomic mass is 35.5. The molecular weight excluding hydrogens is 270 g/mol. The van der Waals surface area contributed by atoms with Crippen LogP contribution in [-0.4, -0.2) is 18.1 Å². The van der Waals surface area contributed by atoms with Crippen molar-refractivity contribution in [2.75, 3.05) is 18.4 Å². The molecule has 1 aromatic carbocycles. The van der Waals surface area contributed by atoms with Crippen LogP contribution in [-0.2, 0) is 0 Å². The van der Waals surface area contributed by atoms with Gasteiger partial charge in [-0.05, 0) is 30.3 Å². The molecule has 20 heavy (non-hydrogen) atoms. The minimum atomic E-state index is 0.712. The average Bonchev–Trinajstić information content (AvgIpc) is 2.96. The van der Waals surface area contributed by atoms with Crippen molar-refractivity contribution in [2.45, 2.75) is 6.42 Å². The van der Waals surface area contributed by atoms with E-state index in [4.69, 9.17) is 11.6 Å². The third kappa shape index (κ3) is 2.94. The van der Waals surface area contributed by atoms with E-state index in [-0.39, 0.29) is 0 Å². The Morgan fingerprint density at radius 2 is 2.05 bits per heavy atom. The Morgan fingerprint density at radius 1 is 1.15 bits per heavy atom. The van der Waals surface area contributed by atoms with Crippen molar-refractivity contribution >= 4 is 28.2 Å². The molecule has 0 atom stereocenters. The van der Waals surface area contributed by atoms with E-state index in [9.17, 15) is 0 Å². The number of halogens is 1. The molecule has 2 aromatic rings. The smallest absolute Gasteiger partial charge is 0.0737 e. The van der Waals surface area contributed by atoms with Crippen molar-refractivity contribution in [1.82, 2.24) is 10.3 Å². The molecule has 1 heterocycles. The molecule has 0 bridgehead atoms. The molecule has 0 aliphatic heterocycles. The van der Waals surface area contributed by atoms with Crippen LogP contribution in [0.5, 0.6) is 0 Å². The number of hydrogen-bond acceptors (Lipinski definition) is 3. The van der Waals surface area contributed by atoms with Crippen LogP contribution in [0, 0.1) is 0 Å². The highest BCUT2D eigenvalue weighted by Gasteiger charge is 2.02. The molecule has 3 rings (SSSR count). The summed E-state index contributed by atoms with van der Waals surface area (Å²) >= 11 is 5.99. The summed E-state index contributed by atoms with van der Waals surface area (Å²) in [7, 11) is 0. The van der Waals surface area contributed by atoms with Gasteiger partial charge in [0.15, 0.2) is 0 Å². The largest absolute Gasteiger partial charge is 0.386 e. The van der Waals surface area contributed by atoms with Gasteiger partial charge in [-0.3, -0.25) is 4.98 Å². The summed E-state index contributed by atoms with van der Waals surface area (Å²) < 4.78 is 0. The van der Waals surface area contributed by atoms with Crippen LogP contribution in [0.4, 0.5) is 5.69 Å². The predicted molar refractivity (Wildman–Crippen MR) is 85.1 cm³/mol. The Balaban J connectivity index is 1.62. The number of pyridine rings is 1. The molecule has 0 amide bonds. The first-order chi connectivity index (χ1) is 9.83. The highest BCUT2D eigenvalue weighted by molar-refractivity contribution is 6.31. The second-order valence-corrected chi connectivity index (χ2v) is 5.13. The van der Waals surface area contributed by atoms with E-state index in [1.807, 2.05) is 24.3 Å². The van der Waals surface area contributed by atoms with Crippen LogP contribution in [0.25, 0.3) is 10.9 Å². The molecule has 0 saturated carbocycles. The fourth-order valence-electron chi connectivity index (χ4n) is 2.27. The second-order valence-electron chi connectivity index (χ2n) is 4.70. The Morgan fingerprint density at radius 3 is 2.90 bits per heavy atom. The molecule has 2 N–H and O–H groups in total. The lowest BCUT2D eigenvalue weighted by atomic mass is 10.2. The van der Waals surface area contributed by atoms with E-state index >= 15 is 0 Å². The van der Waals surface area contributed by atoms with Crippen molar-refractivity contribution in [1.29, 1.82) is 0 Å². The summed E-state index contributed by atoms with van der Waals surface area (Å²) in [5.41, 5.74) is 3.28. The maximum atomic E-state index is 5.99. The molecule has 0 fully saturated rings. The zero-order chi connectivity index (χ0) is 13.8. The molecule has 4 heteroatoms. The van der Waals surface area contributed by atoms with E-state index < -0.39 is 0 Å².